The molecule has 2 aliphatic heterocycles. The third-order valence-corrected chi connectivity index (χ3v) is 30.2. The fourth-order valence-electron chi connectivity index (χ4n) is 23.7. The van der Waals surface area contributed by atoms with Gasteiger partial charge in [-0.3, -0.25) is 9.59 Å². The number of aromatic amines is 2. The van der Waals surface area contributed by atoms with Crippen molar-refractivity contribution >= 4 is 67.9 Å². The summed E-state index contributed by atoms with van der Waals surface area (Å²) in [5.74, 6) is 2.42. The fourth-order valence-corrected chi connectivity index (χ4v) is 23.7. The molecule has 4 saturated carbocycles. The first-order valence-corrected chi connectivity index (χ1v) is 43.7. The third kappa shape index (κ3) is 11.0. The van der Waals surface area contributed by atoms with E-state index < -0.39 is 0 Å². The van der Waals surface area contributed by atoms with Gasteiger partial charge in [-0.15, -0.1) is 0 Å². The highest BCUT2D eigenvalue weighted by molar-refractivity contribution is 6.28. The molecule has 12 bridgehead atoms. The molecule has 0 saturated heterocycles. The molecule has 118 heavy (non-hydrogen) atoms. The SMILES string of the molecule is CC(C)(C)c1cc(-c2c3nc(c(-c4cc(C(C)(C)C)cc(C(C)(C)C)c4)c4ccc([nH]4)c(-c4cc(C(C)(C)C)cc(C(C)(C)C)c4)c4nc(c(-c5cc(C(C)(C)C)cc(C(C)(C)C)c5)c5ccc2[nH]5)-c2nc5cc6nc7c(nc6cc5nc2-4)[C@@H]2C[C@H]7C4C2C2(C)C5C([C@H]6C[C@@H]5C5=C6C(=O)c6ccccc6C5=O)C42C)C=C3)cc(C(C)(C)C)c1. The van der Waals surface area contributed by atoms with Crippen LogP contribution in [0.25, 0.3) is 124 Å². The number of nitrogens with zero attached hydrogens (tertiary/aromatic N) is 6. The number of fused-ring (bicyclic) bond motifs is 34. The van der Waals surface area contributed by atoms with Crippen LogP contribution >= 0.6 is 0 Å². The number of rotatable bonds is 4. The zero-order valence-electron chi connectivity index (χ0n) is 74.4. The van der Waals surface area contributed by atoms with E-state index in [1.54, 1.807) is 0 Å². The summed E-state index contributed by atoms with van der Waals surface area (Å²) in [4.78, 5) is 74.1. The lowest BCUT2D eigenvalue weighted by Gasteiger charge is -2.84. The molecule has 0 amide bonds. The van der Waals surface area contributed by atoms with Gasteiger partial charge in [-0.05, 0) is 218 Å². The second kappa shape index (κ2) is 24.4. The number of H-pyrrole nitrogens is 2. The maximum absolute atomic E-state index is 14.6. The molecular weight excluding hydrogens is 1440 g/mol. The number of ketones is 2. The first kappa shape index (κ1) is 76.6. The van der Waals surface area contributed by atoms with Crippen LogP contribution in [0.4, 0.5) is 0 Å². The zero-order valence-corrected chi connectivity index (χ0v) is 74.4. The normalized spacial score (nSPS) is 23.6. The van der Waals surface area contributed by atoms with Gasteiger partial charge in [0, 0.05) is 78.4 Å². The molecule has 2 N–H and O–H groups in total. The van der Waals surface area contributed by atoms with Crippen LogP contribution in [0.1, 0.15) is 293 Å². The third-order valence-electron chi connectivity index (χ3n) is 30.2. The number of Topliss-reactive ketones (excluding diaryl/α,β-unsaturated/α-hetero) is 2. The highest BCUT2D eigenvalue weighted by Crippen LogP contribution is 2.94. The number of benzene rings is 6. The van der Waals surface area contributed by atoms with Crippen molar-refractivity contribution in [3.05, 3.63) is 223 Å². The summed E-state index contributed by atoms with van der Waals surface area (Å²) < 4.78 is 0. The number of aromatic nitrogens is 8. The number of carbonyl (C=O) groups excluding carboxylic acids is 2. The monoisotopic (exact) mass is 1560 g/mol. The second-order valence-corrected chi connectivity index (χ2v) is 45.6. The van der Waals surface area contributed by atoms with Gasteiger partial charge >= 0.3 is 0 Å². The average molecular weight is 1560 g/mol. The smallest absolute Gasteiger partial charge is 0.190 e. The predicted octanol–water partition coefficient (Wildman–Crippen LogP) is 26.9. The molecule has 6 aromatic carbocycles. The topological polar surface area (TPSA) is 143 Å². The molecule has 10 heteroatoms. The van der Waals surface area contributed by atoms with Crippen molar-refractivity contribution in [1.82, 2.24) is 39.9 Å². The van der Waals surface area contributed by atoms with Crippen LogP contribution in [0.2, 0.25) is 0 Å². The summed E-state index contributed by atoms with van der Waals surface area (Å²) in [5, 5.41) is 0. The minimum absolute atomic E-state index is 0.00320. The molecule has 0 radical (unpaired) electrons. The Morgan fingerprint density at radius 2 is 0.559 bits per heavy atom. The van der Waals surface area contributed by atoms with Gasteiger partial charge in [0.15, 0.2) is 11.6 Å². The predicted molar refractivity (Wildman–Crippen MR) is 486 cm³/mol. The Morgan fingerprint density at radius 3 is 0.856 bits per heavy atom. The number of allylic oxidation sites excluding steroid dienone is 2. The maximum atomic E-state index is 14.6. The Hall–Kier alpha value is -10.1. The van der Waals surface area contributed by atoms with Crippen molar-refractivity contribution in [2.45, 2.75) is 248 Å². The highest BCUT2D eigenvalue weighted by Gasteiger charge is 2.90. The van der Waals surface area contributed by atoms with Gasteiger partial charge in [0.2, 0.25) is 0 Å². The van der Waals surface area contributed by atoms with Crippen LogP contribution < -0.4 is 0 Å². The first-order valence-electron chi connectivity index (χ1n) is 43.7. The van der Waals surface area contributed by atoms with Crippen molar-refractivity contribution in [2.75, 3.05) is 0 Å². The standard InChI is InChI=1S/C108H116N8O2/c1-99(2,3)57-37-53(38-58(45-57)100(4,5)6)81-71-31-32-72(109-71)82(54-39-59(101(7,8)9)46-60(40-54)102(10,11)12)74-34-36-76(111-74)84(56-43-63(105(19,20)21)48-64(44-56)106(22,23)24)94-96-95(93(116-94)83(75-35-33-73(81)110-75)55-41-61(103(13,14)15)47-62(42-55)104(16,17)18)114-79-51-77-78(52-80(79)115-96)113-92-70-50-69(91(92)112-77)89-90(70)108(26)88-68-49-67(87(88)107(89,108)25)85-86(68)98(118)66-30-28-27-29-65(66)97(85)117/h27-48,51-52,67-70,87-90,110-111H,49-50H2,1-26H3/t67-,68+,69-,70+,87?,88?,89?,90?,107?,108?. The minimum atomic E-state index is -0.238. The summed E-state index contributed by atoms with van der Waals surface area (Å²) in [6, 6.07) is 50.0. The maximum Gasteiger partial charge on any atom is 0.190 e. The van der Waals surface area contributed by atoms with Gasteiger partial charge in [0.25, 0.3) is 0 Å². The first-order chi connectivity index (χ1) is 55.1. The van der Waals surface area contributed by atoms with E-state index in [0.29, 0.717) is 46.2 Å². The van der Waals surface area contributed by atoms with Crippen molar-refractivity contribution in [1.29, 1.82) is 0 Å². The Morgan fingerprint density at radius 1 is 0.297 bits per heavy atom. The van der Waals surface area contributed by atoms with Crippen molar-refractivity contribution in [3.8, 4) is 67.3 Å². The molecule has 4 fully saturated rings. The molecule has 9 aliphatic rings. The molecule has 7 heterocycles. The Bertz CT molecular complexity index is 6090. The van der Waals surface area contributed by atoms with Gasteiger partial charge in [-0.2, -0.15) is 0 Å². The zero-order chi connectivity index (χ0) is 83.6. The van der Waals surface area contributed by atoms with Gasteiger partial charge in [0.05, 0.1) is 44.8 Å². The Labute approximate surface area is 697 Å². The fraction of sp³-hybridized carbons (Fsp3) is 0.426. The summed E-state index contributed by atoms with van der Waals surface area (Å²) in [6.07, 6.45) is 6.44. The molecule has 6 unspecified atom stereocenters. The van der Waals surface area contributed by atoms with Gasteiger partial charge < -0.3 is 9.97 Å². The van der Waals surface area contributed by atoms with Crippen molar-refractivity contribution < 1.29 is 9.59 Å². The van der Waals surface area contributed by atoms with E-state index in [2.05, 4.69) is 311 Å². The lowest BCUT2D eigenvalue weighted by Crippen LogP contribution is -2.80. The minimum Gasteiger partial charge on any atom is -0.354 e. The molecule has 600 valence electrons. The number of nitrogens with one attached hydrogen (secondary N) is 2. The van der Waals surface area contributed by atoms with E-state index in [1.165, 1.54) is 44.5 Å². The lowest BCUT2D eigenvalue weighted by atomic mass is 9.20. The number of carbonyl (C=O) groups is 2. The van der Waals surface area contributed by atoms with E-state index >= 15 is 0 Å². The number of hydrogen-bond acceptors (Lipinski definition) is 8. The summed E-state index contributed by atoms with van der Waals surface area (Å²) in [6.45, 7) is 60.9. The molecule has 11 aromatic rings. The van der Waals surface area contributed by atoms with Crippen LogP contribution in [-0.4, -0.2) is 51.4 Å². The van der Waals surface area contributed by atoms with E-state index in [4.69, 9.17) is 29.9 Å². The molecule has 5 aromatic heterocycles. The van der Waals surface area contributed by atoms with Gasteiger partial charge in [-0.25, -0.2) is 29.9 Å². The number of hydrogen-bond donors (Lipinski definition) is 2. The second-order valence-electron chi connectivity index (χ2n) is 45.6. The quantitative estimate of drug-likeness (QED) is 0.131. The summed E-state index contributed by atoms with van der Waals surface area (Å²) in [7, 11) is 0. The summed E-state index contributed by atoms with van der Waals surface area (Å²) >= 11 is 0. The van der Waals surface area contributed by atoms with Crippen LogP contribution in [0.5, 0.6) is 0 Å². The van der Waals surface area contributed by atoms with E-state index in [-0.39, 0.29) is 89.4 Å². The van der Waals surface area contributed by atoms with Crippen LogP contribution in [0.3, 0.4) is 0 Å². The van der Waals surface area contributed by atoms with Gasteiger partial charge in [-0.1, -0.05) is 277 Å². The van der Waals surface area contributed by atoms with E-state index in [0.717, 1.165) is 147 Å². The lowest BCUT2D eigenvalue weighted by molar-refractivity contribution is -0.354. The summed E-state index contributed by atoms with van der Waals surface area (Å²) in [5.41, 5.74) is 32.7. The van der Waals surface area contributed by atoms with Gasteiger partial charge in [0.1, 0.15) is 22.8 Å². The average Bonchev–Trinajstić information content (AvgIpc) is 1.39. The Kier molecular flexibility index (Phi) is 15.8. The molecule has 0 spiro atoms. The highest BCUT2D eigenvalue weighted by atomic mass is 16.1. The van der Waals surface area contributed by atoms with E-state index in [9.17, 15) is 9.59 Å². The van der Waals surface area contributed by atoms with Crippen LogP contribution in [0.15, 0.2) is 145 Å². The molecule has 20 rings (SSSR count). The Balaban J connectivity index is 0.891. The van der Waals surface area contributed by atoms with Crippen molar-refractivity contribution in [3.63, 3.8) is 0 Å². The van der Waals surface area contributed by atoms with E-state index in [1.807, 2.05) is 24.3 Å². The molecular formula is C108H116N8O2. The van der Waals surface area contributed by atoms with Crippen molar-refractivity contribution in [2.24, 2.45) is 46.3 Å². The molecule has 7 aliphatic carbocycles. The van der Waals surface area contributed by atoms with Crippen LogP contribution in [-0.2, 0) is 43.3 Å². The van der Waals surface area contributed by atoms with Crippen LogP contribution in [0, 0.1) is 46.3 Å². The molecule has 10 atom stereocenters. The molecule has 10 nitrogen and oxygen atoms in total. The largest absolute Gasteiger partial charge is 0.354 e.